The largest absolute Gasteiger partial charge is 0.462 e. The molecule has 0 N–H and O–H groups in total. The van der Waals surface area contributed by atoms with E-state index in [1.54, 1.807) is 0 Å². The maximum Gasteiger partial charge on any atom is 0.306 e. The van der Waals surface area contributed by atoms with Crippen molar-refractivity contribution in [2.75, 3.05) is 19.8 Å². The van der Waals surface area contributed by atoms with Crippen molar-refractivity contribution in [3.05, 3.63) is 48.6 Å². The number of allylic oxidation sites excluding steroid dienone is 8. The summed E-state index contributed by atoms with van der Waals surface area (Å²) in [4.78, 5) is 25.4. The first-order valence-electron chi connectivity index (χ1n) is 26.2. The van der Waals surface area contributed by atoms with Gasteiger partial charge in [-0.2, -0.15) is 0 Å². The van der Waals surface area contributed by atoms with Crippen molar-refractivity contribution in [3.63, 3.8) is 0 Å². The van der Waals surface area contributed by atoms with Crippen molar-refractivity contribution in [2.24, 2.45) is 0 Å². The second-order valence-corrected chi connectivity index (χ2v) is 17.4. The lowest BCUT2D eigenvalue weighted by Crippen LogP contribution is -2.30. The summed E-state index contributed by atoms with van der Waals surface area (Å²) in [5.41, 5.74) is 0. The summed E-state index contributed by atoms with van der Waals surface area (Å²) in [7, 11) is 0. The second kappa shape index (κ2) is 51.2. The van der Waals surface area contributed by atoms with E-state index in [0.717, 1.165) is 70.6 Å². The highest BCUT2D eigenvalue weighted by Gasteiger charge is 2.17. The molecule has 0 heterocycles. The molecule has 0 aromatic carbocycles. The molecule has 0 spiro atoms. The molecular formula is C55H100O5. The molecule has 0 bridgehead atoms. The summed E-state index contributed by atoms with van der Waals surface area (Å²) in [5, 5.41) is 0. The summed E-state index contributed by atoms with van der Waals surface area (Å²) in [5.74, 6) is -0.441. The average Bonchev–Trinajstić information content (AvgIpc) is 3.25. The van der Waals surface area contributed by atoms with Crippen LogP contribution in [-0.4, -0.2) is 37.9 Å². The second-order valence-electron chi connectivity index (χ2n) is 17.4. The third-order valence-corrected chi connectivity index (χ3v) is 11.3. The van der Waals surface area contributed by atoms with Crippen molar-refractivity contribution in [3.8, 4) is 0 Å². The third-order valence-electron chi connectivity index (χ3n) is 11.3. The molecule has 0 saturated heterocycles. The molecule has 0 aliphatic carbocycles. The smallest absolute Gasteiger partial charge is 0.306 e. The van der Waals surface area contributed by atoms with Crippen LogP contribution in [0.2, 0.25) is 0 Å². The van der Waals surface area contributed by atoms with Crippen molar-refractivity contribution >= 4 is 11.9 Å². The Morgan fingerprint density at radius 3 is 1.22 bits per heavy atom. The molecule has 0 rings (SSSR count). The van der Waals surface area contributed by atoms with Gasteiger partial charge in [0, 0.05) is 19.4 Å². The van der Waals surface area contributed by atoms with E-state index in [0.29, 0.717) is 19.4 Å². The fourth-order valence-corrected chi connectivity index (χ4v) is 7.39. The molecular weight excluding hydrogens is 741 g/mol. The van der Waals surface area contributed by atoms with Crippen LogP contribution in [0, 0.1) is 0 Å². The molecule has 350 valence electrons. The molecule has 0 fully saturated rings. The Kier molecular flexibility index (Phi) is 49.4. The highest BCUT2D eigenvalue weighted by Crippen LogP contribution is 2.15. The molecule has 0 unspecified atom stereocenters. The normalized spacial score (nSPS) is 12.5. The van der Waals surface area contributed by atoms with Gasteiger partial charge in [-0.25, -0.2) is 0 Å². The monoisotopic (exact) mass is 841 g/mol. The van der Waals surface area contributed by atoms with Crippen molar-refractivity contribution in [1.29, 1.82) is 0 Å². The highest BCUT2D eigenvalue weighted by atomic mass is 16.6. The van der Waals surface area contributed by atoms with Gasteiger partial charge >= 0.3 is 11.9 Å². The van der Waals surface area contributed by atoms with E-state index in [-0.39, 0.29) is 25.2 Å². The molecule has 1 atom stereocenters. The predicted octanol–water partition coefficient (Wildman–Crippen LogP) is 17.6. The van der Waals surface area contributed by atoms with Gasteiger partial charge < -0.3 is 14.2 Å². The third kappa shape index (κ3) is 48.5. The highest BCUT2D eigenvalue weighted by molar-refractivity contribution is 5.70. The zero-order valence-corrected chi connectivity index (χ0v) is 40.2. The molecule has 5 nitrogen and oxygen atoms in total. The maximum atomic E-state index is 12.8. The van der Waals surface area contributed by atoms with Crippen LogP contribution in [-0.2, 0) is 23.8 Å². The molecule has 60 heavy (non-hydrogen) atoms. The molecule has 0 radical (unpaired) electrons. The van der Waals surface area contributed by atoms with Crippen LogP contribution in [0.3, 0.4) is 0 Å². The number of carbonyl (C=O) groups is 2. The van der Waals surface area contributed by atoms with E-state index >= 15 is 0 Å². The zero-order chi connectivity index (χ0) is 43.5. The van der Waals surface area contributed by atoms with Crippen LogP contribution in [0.4, 0.5) is 0 Å². The number of unbranched alkanes of at least 4 members (excludes halogenated alkanes) is 29. The van der Waals surface area contributed by atoms with Gasteiger partial charge in [-0.05, 0) is 83.5 Å². The predicted molar refractivity (Wildman–Crippen MR) is 261 cm³/mol. The number of ether oxygens (including phenoxy) is 3. The van der Waals surface area contributed by atoms with E-state index in [2.05, 4.69) is 69.4 Å². The molecule has 0 amide bonds. The summed E-state index contributed by atoms with van der Waals surface area (Å²) in [6.45, 7) is 7.77. The van der Waals surface area contributed by atoms with E-state index in [4.69, 9.17) is 14.2 Å². The fourth-order valence-electron chi connectivity index (χ4n) is 7.39. The van der Waals surface area contributed by atoms with Gasteiger partial charge in [0.1, 0.15) is 6.61 Å². The molecule has 0 saturated carbocycles. The standard InChI is InChI=1S/C55H100O5/c1-4-7-10-13-16-19-22-25-27-29-32-35-38-41-44-47-50-58-51-53(60-55(57)49-46-43-40-37-34-30-24-21-18-15-12-9-6-3)52-59-54(56)48-45-42-39-36-33-31-28-26-23-20-17-14-11-8-5-2/h17,20-21,24,26,28,33,36,53H,4-16,18-19,22-23,25,27,29-32,34-35,37-52H2,1-3H3/b20-17-,24-21-,28-26-,36-33-/t53-/m1/s1. The Labute approximate surface area is 373 Å². The lowest BCUT2D eigenvalue weighted by molar-refractivity contribution is -0.163. The Bertz CT molecular complexity index is 997. The van der Waals surface area contributed by atoms with Gasteiger partial charge in [0.05, 0.1) is 6.61 Å². The van der Waals surface area contributed by atoms with Crippen molar-refractivity contribution < 1.29 is 23.8 Å². The van der Waals surface area contributed by atoms with Crippen LogP contribution >= 0.6 is 0 Å². The summed E-state index contributed by atoms with van der Waals surface area (Å²) in [6, 6.07) is 0. The average molecular weight is 841 g/mol. The first-order valence-corrected chi connectivity index (χ1v) is 26.2. The Morgan fingerprint density at radius 1 is 0.367 bits per heavy atom. The van der Waals surface area contributed by atoms with Crippen LogP contribution < -0.4 is 0 Å². The van der Waals surface area contributed by atoms with Gasteiger partial charge in [-0.3, -0.25) is 9.59 Å². The molecule has 0 aromatic rings. The van der Waals surface area contributed by atoms with Crippen molar-refractivity contribution in [2.45, 2.75) is 271 Å². The topological polar surface area (TPSA) is 61.8 Å². The number of hydrogen-bond acceptors (Lipinski definition) is 5. The van der Waals surface area contributed by atoms with E-state index in [1.165, 1.54) is 161 Å². The molecule has 0 aliphatic rings. The number of hydrogen-bond donors (Lipinski definition) is 0. The summed E-state index contributed by atoms with van der Waals surface area (Å²) in [6.07, 6.45) is 62.6. The van der Waals surface area contributed by atoms with Gasteiger partial charge in [-0.1, -0.05) is 217 Å². The maximum absolute atomic E-state index is 12.8. The fraction of sp³-hybridized carbons (Fsp3) is 0.818. The van der Waals surface area contributed by atoms with Gasteiger partial charge in [0.25, 0.3) is 0 Å². The van der Waals surface area contributed by atoms with Crippen molar-refractivity contribution in [1.82, 2.24) is 0 Å². The minimum absolute atomic E-state index is 0.0653. The number of rotatable bonds is 48. The Balaban J connectivity index is 4.30. The number of esters is 2. The van der Waals surface area contributed by atoms with Gasteiger partial charge in [-0.15, -0.1) is 0 Å². The molecule has 5 heteroatoms. The van der Waals surface area contributed by atoms with Crippen LogP contribution in [0.15, 0.2) is 48.6 Å². The van der Waals surface area contributed by atoms with Gasteiger partial charge in [0.15, 0.2) is 6.10 Å². The molecule has 0 aliphatic heterocycles. The lowest BCUT2D eigenvalue weighted by atomic mass is 10.0. The number of carbonyl (C=O) groups excluding carboxylic acids is 2. The SMILES string of the molecule is CCCCC/C=C\C/C=C\C/C=C\CCCCC(=O)OC[C@@H](COCCCCCCCCCCCCCCCCCC)OC(=O)CCCCCCC/C=C\CCCCCC. The minimum atomic E-state index is -0.552. The Morgan fingerprint density at radius 2 is 0.700 bits per heavy atom. The lowest BCUT2D eigenvalue weighted by Gasteiger charge is -2.18. The summed E-state index contributed by atoms with van der Waals surface area (Å²) >= 11 is 0. The quantitative estimate of drug-likeness (QED) is 0.0347. The van der Waals surface area contributed by atoms with Crippen LogP contribution in [0.5, 0.6) is 0 Å². The van der Waals surface area contributed by atoms with E-state index in [9.17, 15) is 9.59 Å². The molecule has 0 aromatic heterocycles. The van der Waals surface area contributed by atoms with Gasteiger partial charge in [0.2, 0.25) is 0 Å². The van der Waals surface area contributed by atoms with Crippen LogP contribution in [0.25, 0.3) is 0 Å². The Hall–Kier alpha value is -2.14. The zero-order valence-electron chi connectivity index (χ0n) is 40.2. The van der Waals surface area contributed by atoms with Crippen LogP contribution in [0.1, 0.15) is 265 Å². The summed E-state index contributed by atoms with van der Waals surface area (Å²) < 4.78 is 17.4. The van der Waals surface area contributed by atoms with E-state index < -0.39 is 6.10 Å². The first kappa shape index (κ1) is 57.9. The van der Waals surface area contributed by atoms with E-state index in [1.807, 2.05) is 0 Å². The minimum Gasteiger partial charge on any atom is -0.462 e. The first-order chi connectivity index (χ1) is 29.6.